The number of fused-ring (bicyclic) bond motifs is 1. The summed E-state index contributed by atoms with van der Waals surface area (Å²) in [6.07, 6.45) is 0.706. The van der Waals surface area contributed by atoms with Crippen LogP contribution >= 0.6 is 0 Å². The molecule has 2 heterocycles. The predicted octanol–water partition coefficient (Wildman–Crippen LogP) is 6.20. The van der Waals surface area contributed by atoms with Crippen molar-refractivity contribution in [1.29, 1.82) is 0 Å². The summed E-state index contributed by atoms with van der Waals surface area (Å²) in [5.74, 6) is -0.0959. The molecule has 0 saturated carbocycles. The molecule has 8 heteroatoms. The third-order valence-electron chi connectivity index (χ3n) is 6.92. The monoisotopic (exact) mass is 544 g/mol. The Labute approximate surface area is 231 Å². The van der Waals surface area contributed by atoms with Gasteiger partial charge in [-0.3, -0.25) is 9.59 Å². The Morgan fingerprint density at radius 2 is 1.80 bits per heavy atom. The maximum atomic E-state index is 13.7. The van der Waals surface area contributed by atoms with Gasteiger partial charge in [0.15, 0.2) is 5.76 Å². The first-order valence-electron chi connectivity index (χ1n) is 13.2. The van der Waals surface area contributed by atoms with Gasteiger partial charge in [0.1, 0.15) is 29.8 Å². The van der Waals surface area contributed by atoms with Crippen molar-refractivity contribution in [3.8, 4) is 5.75 Å². The van der Waals surface area contributed by atoms with Crippen molar-refractivity contribution in [3.63, 3.8) is 0 Å². The molecule has 1 N–H and O–H groups in total. The lowest BCUT2D eigenvalue weighted by atomic mass is 9.87. The van der Waals surface area contributed by atoms with Crippen molar-refractivity contribution in [3.05, 3.63) is 124 Å². The van der Waals surface area contributed by atoms with Crippen LogP contribution in [-0.2, 0) is 24.4 Å². The molecule has 0 saturated heterocycles. The van der Waals surface area contributed by atoms with Gasteiger partial charge in [0.25, 0.3) is 5.91 Å². The molecule has 3 aromatic carbocycles. The highest BCUT2D eigenvalue weighted by molar-refractivity contribution is 5.91. The van der Waals surface area contributed by atoms with E-state index < -0.39 is 5.91 Å². The van der Waals surface area contributed by atoms with Crippen LogP contribution < -0.4 is 10.1 Å². The first kappa shape index (κ1) is 27.1. The Morgan fingerprint density at radius 3 is 2.55 bits per heavy atom. The second-order valence-corrected chi connectivity index (χ2v) is 10.1. The Bertz CT molecular complexity index is 1510. The third-order valence-corrected chi connectivity index (χ3v) is 6.92. The number of rotatable bonds is 8. The van der Waals surface area contributed by atoms with Gasteiger partial charge in [0, 0.05) is 19.0 Å². The summed E-state index contributed by atoms with van der Waals surface area (Å²) in [6.45, 7) is 4.58. The van der Waals surface area contributed by atoms with Crippen LogP contribution in [0, 0.1) is 17.6 Å². The fraction of sp³-hybridized carbons (Fsp3) is 0.250. The summed E-state index contributed by atoms with van der Waals surface area (Å²) in [6, 6.07) is 20.9. The summed E-state index contributed by atoms with van der Waals surface area (Å²) in [7, 11) is 0. The molecule has 0 fully saturated rings. The molecule has 2 amide bonds. The number of ether oxygens (including phenoxy) is 1. The number of carbonyl (C=O) groups is 2. The minimum Gasteiger partial charge on any atom is -0.486 e. The molecule has 0 bridgehead atoms. The number of nitrogens with zero attached hydrogens (tertiary/aromatic N) is 1. The smallest absolute Gasteiger partial charge is 0.287 e. The van der Waals surface area contributed by atoms with Crippen LogP contribution in [0.1, 0.15) is 58.5 Å². The number of hydrogen-bond acceptors (Lipinski definition) is 4. The van der Waals surface area contributed by atoms with Gasteiger partial charge >= 0.3 is 0 Å². The average molecular weight is 545 g/mol. The van der Waals surface area contributed by atoms with Crippen molar-refractivity contribution in [2.45, 2.75) is 39.5 Å². The molecule has 1 atom stereocenters. The Balaban J connectivity index is 1.30. The lowest BCUT2D eigenvalue weighted by Gasteiger charge is -2.39. The Hall–Kier alpha value is -4.46. The fourth-order valence-electron chi connectivity index (χ4n) is 4.90. The van der Waals surface area contributed by atoms with Gasteiger partial charge in [-0.05, 0) is 77.2 Å². The van der Waals surface area contributed by atoms with Crippen LogP contribution in [0.5, 0.6) is 5.75 Å². The zero-order valence-corrected chi connectivity index (χ0v) is 22.3. The number of furan rings is 1. The zero-order chi connectivity index (χ0) is 28.2. The van der Waals surface area contributed by atoms with E-state index in [9.17, 15) is 18.4 Å². The minimum atomic E-state index is -0.415. The molecule has 0 aliphatic carbocycles. The van der Waals surface area contributed by atoms with E-state index in [0.29, 0.717) is 30.0 Å². The Morgan fingerprint density at radius 1 is 1.00 bits per heavy atom. The number of halogens is 2. The van der Waals surface area contributed by atoms with E-state index in [1.165, 1.54) is 24.3 Å². The molecule has 4 aromatic rings. The molecular formula is C32H30F2N2O4. The van der Waals surface area contributed by atoms with Crippen LogP contribution in [0.25, 0.3) is 0 Å². The van der Waals surface area contributed by atoms with Crippen LogP contribution in [0.3, 0.4) is 0 Å². The van der Waals surface area contributed by atoms with E-state index in [0.717, 1.165) is 16.7 Å². The second-order valence-electron chi connectivity index (χ2n) is 10.1. The molecular weight excluding hydrogens is 514 g/mol. The highest BCUT2D eigenvalue weighted by Crippen LogP contribution is 2.38. The number of benzene rings is 3. The summed E-state index contributed by atoms with van der Waals surface area (Å²) >= 11 is 0. The predicted molar refractivity (Wildman–Crippen MR) is 146 cm³/mol. The van der Waals surface area contributed by atoms with Crippen LogP contribution in [0.2, 0.25) is 0 Å². The highest BCUT2D eigenvalue weighted by Gasteiger charge is 2.33. The van der Waals surface area contributed by atoms with Gasteiger partial charge in [-0.2, -0.15) is 0 Å². The van der Waals surface area contributed by atoms with Crippen molar-refractivity contribution >= 4 is 11.8 Å². The number of hydrogen-bond donors (Lipinski definition) is 1. The molecule has 1 aromatic heterocycles. The summed E-state index contributed by atoms with van der Waals surface area (Å²) in [5, 5.41) is 2.71. The molecule has 6 nitrogen and oxygen atoms in total. The van der Waals surface area contributed by atoms with E-state index in [1.807, 2.05) is 36.9 Å². The third kappa shape index (κ3) is 6.06. The quantitative estimate of drug-likeness (QED) is 0.287. The van der Waals surface area contributed by atoms with Gasteiger partial charge < -0.3 is 19.4 Å². The number of amides is 2. The standard InChI is InChI=1S/C32H30F2N2O4/c1-20(2)32(38)36-15-14-22-8-11-26(17-28(22)30(36)23-6-9-24(33)10-7-23)39-19-27-12-13-29(40-27)31(37)35-18-21-4-3-5-25(34)16-21/h3-13,16-17,20,30H,14-15,18-19H2,1-2H3,(H,35,37). The van der Waals surface area contributed by atoms with E-state index >= 15 is 0 Å². The molecule has 40 heavy (non-hydrogen) atoms. The molecule has 206 valence electrons. The van der Waals surface area contributed by atoms with Crippen LogP contribution in [0.4, 0.5) is 8.78 Å². The lowest BCUT2D eigenvalue weighted by Crippen LogP contribution is -2.42. The average Bonchev–Trinajstić information content (AvgIpc) is 3.43. The van der Waals surface area contributed by atoms with Crippen LogP contribution in [-0.4, -0.2) is 23.3 Å². The van der Waals surface area contributed by atoms with E-state index in [4.69, 9.17) is 9.15 Å². The fourth-order valence-corrected chi connectivity index (χ4v) is 4.90. The van der Waals surface area contributed by atoms with Gasteiger partial charge in [0.05, 0.1) is 6.04 Å². The molecule has 0 spiro atoms. The van der Waals surface area contributed by atoms with Crippen LogP contribution in [0.15, 0.2) is 83.3 Å². The maximum Gasteiger partial charge on any atom is 0.287 e. The summed E-state index contributed by atoms with van der Waals surface area (Å²) in [4.78, 5) is 27.4. The minimum absolute atomic E-state index is 0.0325. The SMILES string of the molecule is CC(C)C(=O)N1CCc2ccc(OCc3ccc(C(=O)NCc4cccc(F)c4)o3)cc2C1c1ccc(F)cc1. The highest BCUT2D eigenvalue weighted by atomic mass is 19.1. The number of carbonyl (C=O) groups excluding carboxylic acids is 2. The molecule has 0 radical (unpaired) electrons. The summed E-state index contributed by atoms with van der Waals surface area (Å²) < 4.78 is 38.7. The normalized spacial score (nSPS) is 14.6. The molecule has 5 rings (SSSR count). The lowest BCUT2D eigenvalue weighted by molar-refractivity contribution is -0.136. The summed E-state index contributed by atoms with van der Waals surface area (Å²) in [5.41, 5.74) is 3.50. The molecule has 1 unspecified atom stereocenters. The first-order chi connectivity index (χ1) is 19.3. The largest absolute Gasteiger partial charge is 0.486 e. The van der Waals surface area contributed by atoms with Gasteiger partial charge in [-0.1, -0.05) is 44.2 Å². The van der Waals surface area contributed by atoms with E-state index in [-0.39, 0.29) is 48.4 Å². The van der Waals surface area contributed by atoms with E-state index in [2.05, 4.69) is 5.32 Å². The van der Waals surface area contributed by atoms with Gasteiger partial charge in [-0.25, -0.2) is 8.78 Å². The second kappa shape index (κ2) is 11.7. The maximum absolute atomic E-state index is 13.7. The van der Waals surface area contributed by atoms with Crippen molar-refractivity contribution in [1.82, 2.24) is 10.2 Å². The van der Waals surface area contributed by atoms with Gasteiger partial charge in [0.2, 0.25) is 5.91 Å². The Kier molecular flexibility index (Phi) is 7.96. The van der Waals surface area contributed by atoms with Gasteiger partial charge in [-0.15, -0.1) is 0 Å². The first-order valence-corrected chi connectivity index (χ1v) is 13.2. The topological polar surface area (TPSA) is 71.8 Å². The van der Waals surface area contributed by atoms with E-state index in [1.54, 1.807) is 36.4 Å². The molecule has 1 aliphatic heterocycles. The number of nitrogens with one attached hydrogen (secondary N) is 1. The van der Waals surface area contributed by atoms with Crippen molar-refractivity contribution in [2.24, 2.45) is 5.92 Å². The zero-order valence-electron chi connectivity index (χ0n) is 22.3. The van der Waals surface area contributed by atoms with Crippen molar-refractivity contribution in [2.75, 3.05) is 6.54 Å². The van der Waals surface area contributed by atoms with Crippen molar-refractivity contribution < 1.29 is 27.5 Å². The molecule has 1 aliphatic rings.